The normalized spacial score (nSPS) is 26.1. The van der Waals surface area contributed by atoms with E-state index < -0.39 is 5.41 Å². The van der Waals surface area contributed by atoms with Gasteiger partial charge in [-0.05, 0) is 22.1 Å². The Morgan fingerprint density at radius 1 is 0.905 bits per heavy atom. The zero-order chi connectivity index (χ0) is 15.1. The zero-order valence-corrected chi connectivity index (χ0v) is 12.2. The van der Waals surface area contributed by atoms with Crippen molar-refractivity contribution in [1.29, 1.82) is 0 Å². The van der Waals surface area contributed by atoms with Crippen molar-refractivity contribution in [2.75, 3.05) is 0 Å². The molecule has 2 atom stereocenters. The molecule has 0 N–H and O–H groups in total. The third-order valence-corrected chi connectivity index (χ3v) is 5.02. The van der Waals surface area contributed by atoms with Crippen LogP contribution in [0.4, 0.5) is 0 Å². The number of rotatable bonds is 4. The van der Waals surface area contributed by atoms with Crippen molar-refractivity contribution in [3.63, 3.8) is 0 Å². The Morgan fingerprint density at radius 2 is 1.57 bits per heavy atom. The number of carbonyl (C=O) groups excluding carboxylic acids is 2. The van der Waals surface area contributed by atoms with E-state index in [0.29, 0.717) is 0 Å². The van der Waals surface area contributed by atoms with Gasteiger partial charge in [-0.15, -0.1) is 0 Å². The first-order valence-electron chi connectivity index (χ1n) is 7.15. The SMILES string of the molecule is CC1(C)C(C=O)C1(C=O)c1cccc(-c2ccccc2)c1. The molecule has 3 rings (SSSR count). The highest BCUT2D eigenvalue weighted by Crippen LogP contribution is 2.67. The maximum absolute atomic E-state index is 11.8. The predicted molar refractivity (Wildman–Crippen MR) is 83.0 cm³/mol. The van der Waals surface area contributed by atoms with Gasteiger partial charge in [0.05, 0.1) is 5.41 Å². The molecule has 2 aromatic rings. The van der Waals surface area contributed by atoms with Gasteiger partial charge in [-0.1, -0.05) is 68.4 Å². The highest BCUT2D eigenvalue weighted by molar-refractivity contribution is 5.87. The van der Waals surface area contributed by atoms with E-state index in [1.165, 1.54) is 0 Å². The molecule has 0 aliphatic heterocycles. The molecule has 0 aromatic heterocycles. The smallest absolute Gasteiger partial charge is 0.131 e. The van der Waals surface area contributed by atoms with Crippen molar-refractivity contribution in [2.45, 2.75) is 19.3 Å². The molecule has 0 saturated heterocycles. The molecular formula is C19H18O2. The number of carbonyl (C=O) groups is 2. The lowest BCUT2D eigenvalue weighted by atomic mass is 9.87. The minimum absolute atomic E-state index is 0.242. The van der Waals surface area contributed by atoms with Crippen molar-refractivity contribution in [1.82, 2.24) is 0 Å². The van der Waals surface area contributed by atoms with E-state index in [0.717, 1.165) is 29.3 Å². The van der Waals surface area contributed by atoms with Gasteiger partial charge in [0.2, 0.25) is 0 Å². The summed E-state index contributed by atoms with van der Waals surface area (Å²) < 4.78 is 0. The van der Waals surface area contributed by atoms with Crippen LogP contribution < -0.4 is 0 Å². The van der Waals surface area contributed by atoms with E-state index in [-0.39, 0.29) is 11.3 Å². The third-order valence-electron chi connectivity index (χ3n) is 5.02. The van der Waals surface area contributed by atoms with Gasteiger partial charge in [-0.3, -0.25) is 0 Å². The quantitative estimate of drug-likeness (QED) is 0.800. The Kier molecular flexibility index (Phi) is 3.05. The van der Waals surface area contributed by atoms with Crippen LogP contribution in [-0.4, -0.2) is 12.6 Å². The average molecular weight is 278 g/mol. The summed E-state index contributed by atoms with van der Waals surface area (Å²) in [6.45, 7) is 3.96. The average Bonchev–Trinajstić information content (AvgIpc) is 3.03. The molecule has 106 valence electrons. The van der Waals surface area contributed by atoms with Crippen LogP contribution in [0.3, 0.4) is 0 Å². The van der Waals surface area contributed by atoms with Crippen LogP contribution in [-0.2, 0) is 15.0 Å². The zero-order valence-electron chi connectivity index (χ0n) is 12.2. The van der Waals surface area contributed by atoms with E-state index in [9.17, 15) is 9.59 Å². The van der Waals surface area contributed by atoms with Gasteiger partial charge in [0.15, 0.2) is 0 Å². The number of benzene rings is 2. The van der Waals surface area contributed by atoms with Gasteiger partial charge < -0.3 is 9.59 Å². The minimum atomic E-state index is -0.681. The Hall–Kier alpha value is -2.22. The molecule has 1 saturated carbocycles. The maximum atomic E-state index is 11.8. The Morgan fingerprint density at radius 3 is 2.14 bits per heavy atom. The topological polar surface area (TPSA) is 34.1 Å². The first-order valence-corrected chi connectivity index (χ1v) is 7.15. The lowest BCUT2D eigenvalue weighted by molar-refractivity contribution is -0.113. The molecule has 0 amide bonds. The second-order valence-corrected chi connectivity index (χ2v) is 6.27. The second kappa shape index (κ2) is 4.66. The molecule has 2 heteroatoms. The van der Waals surface area contributed by atoms with Crippen molar-refractivity contribution >= 4 is 12.6 Å². The van der Waals surface area contributed by atoms with Crippen molar-refractivity contribution < 1.29 is 9.59 Å². The summed E-state index contributed by atoms with van der Waals surface area (Å²) in [5, 5.41) is 0. The van der Waals surface area contributed by atoms with E-state index in [2.05, 4.69) is 0 Å². The largest absolute Gasteiger partial charge is 0.303 e. The van der Waals surface area contributed by atoms with Crippen molar-refractivity contribution in [3.05, 3.63) is 60.2 Å². The van der Waals surface area contributed by atoms with E-state index in [4.69, 9.17) is 0 Å². The van der Waals surface area contributed by atoms with E-state index in [1.807, 2.05) is 68.4 Å². The highest BCUT2D eigenvalue weighted by Gasteiger charge is 2.72. The Bertz CT molecular complexity index is 688. The highest BCUT2D eigenvalue weighted by atomic mass is 16.1. The van der Waals surface area contributed by atoms with Crippen molar-refractivity contribution in [3.8, 4) is 11.1 Å². The van der Waals surface area contributed by atoms with Crippen LogP contribution in [0, 0.1) is 11.3 Å². The monoisotopic (exact) mass is 278 g/mol. The standard InChI is InChI=1S/C19H18O2/c1-18(2)17(12-20)19(18,13-21)16-10-6-9-15(11-16)14-7-4-3-5-8-14/h3-13,17H,1-2H3. The number of aldehydes is 2. The van der Waals surface area contributed by atoms with E-state index >= 15 is 0 Å². The van der Waals surface area contributed by atoms with Crippen LogP contribution in [0.15, 0.2) is 54.6 Å². The summed E-state index contributed by atoms with van der Waals surface area (Å²) in [6.07, 6.45) is 1.87. The van der Waals surface area contributed by atoms with Gasteiger partial charge in [-0.25, -0.2) is 0 Å². The van der Waals surface area contributed by atoms with Crippen LogP contribution in [0.2, 0.25) is 0 Å². The van der Waals surface area contributed by atoms with Crippen LogP contribution in [0.1, 0.15) is 19.4 Å². The van der Waals surface area contributed by atoms with Gasteiger partial charge in [0.25, 0.3) is 0 Å². The molecule has 2 aromatic carbocycles. The van der Waals surface area contributed by atoms with Gasteiger partial charge in [-0.2, -0.15) is 0 Å². The van der Waals surface area contributed by atoms with Crippen molar-refractivity contribution in [2.24, 2.45) is 11.3 Å². The van der Waals surface area contributed by atoms with Gasteiger partial charge in [0, 0.05) is 5.92 Å². The molecule has 1 aliphatic carbocycles. The molecule has 0 radical (unpaired) electrons. The minimum Gasteiger partial charge on any atom is -0.303 e. The first kappa shape index (κ1) is 13.7. The lowest BCUT2D eigenvalue weighted by Gasteiger charge is -2.15. The summed E-state index contributed by atoms with van der Waals surface area (Å²) in [6, 6.07) is 18.0. The summed E-state index contributed by atoms with van der Waals surface area (Å²) in [5.74, 6) is -0.242. The molecule has 1 fully saturated rings. The second-order valence-electron chi connectivity index (χ2n) is 6.27. The van der Waals surface area contributed by atoms with Crippen LogP contribution in [0.25, 0.3) is 11.1 Å². The molecular weight excluding hydrogens is 260 g/mol. The number of hydrogen-bond donors (Lipinski definition) is 0. The molecule has 21 heavy (non-hydrogen) atoms. The third kappa shape index (κ3) is 1.79. The molecule has 0 bridgehead atoms. The van der Waals surface area contributed by atoms with E-state index in [1.54, 1.807) is 0 Å². The molecule has 2 nitrogen and oxygen atoms in total. The fourth-order valence-electron chi connectivity index (χ4n) is 3.55. The number of hydrogen-bond acceptors (Lipinski definition) is 2. The first-order chi connectivity index (χ1) is 10.1. The molecule has 0 spiro atoms. The summed E-state index contributed by atoms with van der Waals surface area (Å²) in [4.78, 5) is 23.1. The van der Waals surface area contributed by atoms with Crippen LogP contribution >= 0.6 is 0 Å². The fraction of sp³-hybridized carbons (Fsp3) is 0.263. The van der Waals surface area contributed by atoms with Gasteiger partial charge in [0.1, 0.15) is 12.6 Å². The lowest BCUT2D eigenvalue weighted by Crippen LogP contribution is -2.17. The maximum Gasteiger partial charge on any atom is 0.131 e. The molecule has 2 unspecified atom stereocenters. The summed E-state index contributed by atoms with van der Waals surface area (Å²) in [7, 11) is 0. The molecule has 0 heterocycles. The summed E-state index contributed by atoms with van der Waals surface area (Å²) in [5.41, 5.74) is 2.12. The van der Waals surface area contributed by atoms with Crippen LogP contribution in [0.5, 0.6) is 0 Å². The fourth-order valence-corrected chi connectivity index (χ4v) is 3.55. The van der Waals surface area contributed by atoms with Gasteiger partial charge >= 0.3 is 0 Å². The Balaban J connectivity index is 2.09. The Labute approximate surface area is 124 Å². The predicted octanol–water partition coefficient (Wildman–Crippen LogP) is 3.65. The molecule has 1 aliphatic rings. The summed E-state index contributed by atoms with van der Waals surface area (Å²) >= 11 is 0.